The lowest BCUT2D eigenvalue weighted by atomic mass is 10.1. The van der Waals surface area contributed by atoms with Gasteiger partial charge >= 0.3 is 0 Å². The van der Waals surface area contributed by atoms with Crippen molar-refractivity contribution in [2.45, 2.75) is 13.0 Å². The number of likely N-dealkylation sites (N-methyl/N-ethyl adjacent to an activating group) is 1. The van der Waals surface area contributed by atoms with Crippen molar-refractivity contribution in [1.82, 2.24) is 4.90 Å². The number of benzene rings is 1. The summed E-state index contributed by atoms with van der Waals surface area (Å²) in [6.07, 6.45) is -0.759. The maximum Gasteiger partial charge on any atom is 0.129 e. The summed E-state index contributed by atoms with van der Waals surface area (Å²) in [4.78, 5) is 1.83. The molecule has 0 spiro atoms. The molecule has 0 saturated heterocycles. The van der Waals surface area contributed by atoms with E-state index in [1.807, 2.05) is 25.9 Å². The third kappa shape index (κ3) is 2.79. The number of halogens is 1. The zero-order valence-corrected chi connectivity index (χ0v) is 8.79. The summed E-state index contributed by atoms with van der Waals surface area (Å²) in [6, 6.07) is 4.77. The molecule has 0 fully saturated rings. The van der Waals surface area contributed by atoms with Crippen LogP contribution in [0.15, 0.2) is 18.2 Å². The van der Waals surface area contributed by atoms with Gasteiger partial charge in [-0.25, -0.2) is 4.39 Å². The fraction of sp³-hybridized carbons (Fsp3) is 0.455. The first-order chi connectivity index (χ1) is 6.50. The summed E-state index contributed by atoms with van der Waals surface area (Å²) in [5.74, 6) is -0.343. The minimum Gasteiger partial charge on any atom is -0.387 e. The molecule has 1 N–H and O–H groups in total. The summed E-state index contributed by atoms with van der Waals surface area (Å²) in [6.45, 7) is 2.31. The van der Waals surface area contributed by atoms with Crippen molar-refractivity contribution in [2.75, 3.05) is 20.6 Å². The average molecular weight is 197 g/mol. The summed E-state index contributed by atoms with van der Waals surface area (Å²) in [7, 11) is 3.69. The van der Waals surface area contributed by atoms with Crippen molar-refractivity contribution < 1.29 is 9.50 Å². The second-order valence-corrected chi connectivity index (χ2v) is 3.80. The second-order valence-electron chi connectivity index (χ2n) is 3.80. The van der Waals surface area contributed by atoms with Crippen molar-refractivity contribution in [1.29, 1.82) is 0 Å². The molecule has 0 aliphatic heterocycles. The predicted molar refractivity (Wildman–Crippen MR) is 54.7 cm³/mol. The highest BCUT2D eigenvalue weighted by Gasteiger charge is 2.13. The van der Waals surface area contributed by atoms with E-state index in [0.29, 0.717) is 12.1 Å². The molecule has 1 unspecified atom stereocenters. The molecule has 1 rings (SSSR count). The monoisotopic (exact) mass is 197 g/mol. The molecule has 0 heterocycles. The van der Waals surface area contributed by atoms with Gasteiger partial charge in [-0.2, -0.15) is 0 Å². The first kappa shape index (κ1) is 11.1. The minimum absolute atomic E-state index is 0.343. The maximum absolute atomic E-state index is 13.3. The molecule has 1 aromatic carbocycles. The number of rotatable bonds is 3. The van der Waals surface area contributed by atoms with Gasteiger partial charge in [-0.3, -0.25) is 0 Å². The van der Waals surface area contributed by atoms with Crippen LogP contribution < -0.4 is 0 Å². The summed E-state index contributed by atoms with van der Waals surface area (Å²) in [5.41, 5.74) is 1.33. The van der Waals surface area contributed by atoms with Crippen LogP contribution in [-0.4, -0.2) is 30.6 Å². The quantitative estimate of drug-likeness (QED) is 0.797. The van der Waals surface area contributed by atoms with Gasteiger partial charge in [-0.15, -0.1) is 0 Å². The van der Waals surface area contributed by atoms with Gasteiger partial charge in [-0.05, 0) is 27.1 Å². The molecule has 78 valence electrons. The van der Waals surface area contributed by atoms with Gasteiger partial charge < -0.3 is 10.0 Å². The summed E-state index contributed by atoms with van der Waals surface area (Å²) >= 11 is 0. The van der Waals surface area contributed by atoms with Crippen molar-refractivity contribution in [3.05, 3.63) is 35.1 Å². The molecule has 0 saturated carbocycles. The fourth-order valence-corrected chi connectivity index (χ4v) is 1.36. The van der Waals surface area contributed by atoms with Gasteiger partial charge in [0, 0.05) is 12.1 Å². The van der Waals surface area contributed by atoms with Crippen molar-refractivity contribution in [3.63, 3.8) is 0 Å². The molecule has 0 aromatic heterocycles. The number of hydrogen-bond donors (Lipinski definition) is 1. The van der Waals surface area contributed by atoms with Crippen molar-refractivity contribution >= 4 is 0 Å². The van der Waals surface area contributed by atoms with E-state index in [0.717, 1.165) is 5.56 Å². The molecule has 0 aliphatic rings. The standard InChI is InChI=1S/C11H16FNO/c1-8-4-5-10(12)9(6-8)11(14)7-13(2)3/h4-6,11,14H,7H2,1-3H3. The van der Waals surface area contributed by atoms with Gasteiger partial charge in [0.25, 0.3) is 0 Å². The number of nitrogens with zero attached hydrogens (tertiary/aromatic N) is 1. The van der Waals surface area contributed by atoms with E-state index in [1.165, 1.54) is 6.07 Å². The Bertz CT molecular complexity index is 312. The van der Waals surface area contributed by atoms with E-state index in [4.69, 9.17) is 0 Å². The molecule has 0 bridgehead atoms. The first-order valence-corrected chi connectivity index (χ1v) is 4.59. The van der Waals surface area contributed by atoms with Gasteiger partial charge in [0.15, 0.2) is 0 Å². The highest BCUT2D eigenvalue weighted by molar-refractivity contribution is 5.26. The normalized spacial score (nSPS) is 13.3. The third-order valence-electron chi connectivity index (χ3n) is 2.05. The van der Waals surface area contributed by atoms with E-state index < -0.39 is 6.10 Å². The molecule has 2 nitrogen and oxygen atoms in total. The zero-order chi connectivity index (χ0) is 10.7. The van der Waals surface area contributed by atoms with Gasteiger partial charge in [0.1, 0.15) is 5.82 Å². The Labute approximate surface area is 84.0 Å². The van der Waals surface area contributed by atoms with Gasteiger partial charge in [0.05, 0.1) is 6.10 Å². The van der Waals surface area contributed by atoms with E-state index in [-0.39, 0.29) is 5.82 Å². The molecule has 3 heteroatoms. The first-order valence-electron chi connectivity index (χ1n) is 4.59. The number of aliphatic hydroxyl groups is 1. The Morgan fingerprint density at radius 2 is 2.07 bits per heavy atom. The third-order valence-corrected chi connectivity index (χ3v) is 2.05. The molecule has 0 radical (unpaired) electrons. The topological polar surface area (TPSA) is 23.5 Å². The lowest BCUT2D eigenvalue weighted by Gasteiger charge is -2.17. The van der Waals surface area contributed by atoms with Crippen molar-refractivity contribution in [2.24, 2.45) is 0 Å². The molecular weight excluding hydrogens is 181 g/mol. The maximum atomic E-state index is 13.3. The Kier molecular flexibility index (Phi) is 3.61. The fourth-order valence-electron chi connectivity index (χ4n) is 1.36. The van der Waals surface area contributed by atoms with Crippen LogP contribution in [0, 0.1) is 12.7 Å². The smallest absolute Gasteiger partial charge is 0.129 e. The lowest BCUT2D eigenvalue weighted by molar-refractivity contribution is 0.134. The molecule has 0 amide bonds. The van der Waals surface area contributed by atoms with E-state index >= 15 is 0 Å². The largest absolute Gasteiger partial charge is 0.387 e. The van der Waals surface area contributed by atoms with Crippen LogP contribution in [0.25, 0.3) is 0 Å². The van der Waals surface area contributed by atoms with Crippen LogP contribution >= 0.6 is 0 Å². The average Bonchev–Trinajstić information content (AvgIpc) is 2.08. The second kappa shape index (κ2) is 4.53. The number of hydrogen-bond acceptors (Lipinski definition) is 2. The zero-order valence-electron chi connectivity index (χ0n) is 8.79. The molecular formula is C11H16FNO. The minimum atomic E-state index is -0.759. The Balaban J connectivity index is 2.88. The number of aryl methyl sites for hydroxylation is 1. The Hall–Kier alpha value is -0.930. The molecule has 1 aromatic rings. The van der Waals surface area contributed by atoms with E-state index in [1.54, 1.807) is 12.1 Å². The van der Waals surface area contributed by atoms with E-state index in [2.05, 4.69) is 0 Å². The van der Waals surface area contributed by atoms with Gasteiger partial charge in [-0.1, -0.05) is 17.7 Å². The SMILES string of the molecule is Cc1ccc(F)c(C(O)CN(C)C)c1. The Morgan fingerprint density at radius 3 is 2.64 bits per heavy atom. The van der Waals surface area contributed by atoms with Crippen LogP contribution in [0.4, 0.5) is 4.39 Å². The van der Waals surface area contributed by atoms with Crippen LogP contribution in [0.5, 0.6) is 0 Å². The highest BCUT2D eigenvalue weighted by Crippen LogP contribution is 2.18. The number of aliphatic hydroxyl groups excluding tert-OH is 1. The lowest BCUT2D eigenvalue weighted by Crippen LogP contribution is -2.20. The van der Waals surface area contributed by atoms with E-state index in [9.17, 15) is 9.50 Å². The highest BCUT2D eigenvalue weighted by atomic mass is 19.1. The molecule has 0 aliphatic carbocycles. The van der Waals surface area contributed by atoms with Crippen LogP contribution in [0.2, 0.25) is 0 Å². The predicted octanol–water partition coefficient (Wildman–Crippen LogP) is 1.73. The van der Waals surface area contributed by atoms with Crippen LogP contribution in [0.1, 0.15) is 17.2 Å². The van der Waals surface area contributed by atoms with Crippen LogP contribution in [0.3, 0.4) is 0 Å². The summed E-state index contributed by atoms with van der Waals surface area (Å²) in [5, 5.41) is 9.71. The molecule has 14 heavy (non-hydrogen) atoms. The van der Waals surface area contributed by atoms with Gasteiger partial charge in [0.2, 0.25) is 0 Å². The summed E-state index contributed by atoms with van der Waals surface area (Å²) < 4.78 is 13.3. The van der Waals surface area contributed by atoms with Crippen LogP contribution in [-0.2, 0) is 0 Å². The Morgan fingerprint density at radius 1 is 1.43 bits per heavy atom. The van der Waals surface area contributed by atoms with Crippen molar-refractivity contribution in [3.8, 4) is 0 Å². The molecule has 1 atom stereocenters.